The molecule has 2 aromatic rings. The summed E-state index contributed by atoms with van der Waals surface area (Å²) in [5.41, 5.74) is 4.61. The Morgan fingerprint density at radius 3 is 2.32 bits per heavy atom. The Morgan fingerprint density at radius 2 is 1.74 bits per heavy atom. The molecule has 180 valence electrons. The fourth-order valence-corrected chi connectivity index (χ4v) is 4.65. The highest BCUT2D eigenvalue weighted by molar-refractivity contribution is 5.79. The highest BCUT2D eigenvalue weighted by Crippen LogP contribution is 2.44. The van der Waals surface area contributed by atoms with Gasteiger partial charge in [-0.15, -0.1) is 0 Å². The minimum atomic E-state index is -0.882. The van der Waals surface area contributed by atoms with Gasteiger partial charge >= 0.3 is 12.1 Å². The number of rotatable bonds is 9. The maximum Gasteiger partial charge on any atom is 0.407 e. The fraction of sp³-hybridized carbons (Fsp3) is 0.423. The summed E-state index contributed by atoms with van der Waals surface area (Å²) in [5.74, 6) is -1.66. The van der Waals surface area contributed by atoms with Crippen LogP contribution in [0.5, 0.6) is 0 Å². The molecule has 0 radical (unpaired) electrons. The molecule has 0 saturated carbocycles. The van der Waals surface area contributed by atoms with E-state index in [4.69, 9.17) is 14.6 Å². The van der Waals surface area contributed by atoms with E-state index < -0.39 is 18.0 Å². The summed E-state index contributed by atoms with van der Waals surface area (Å²) in [5, 5.41) is 14.6. The van der Waals surface area contributed by atoms with Crippen molar-refractivity contribution in [3.63, 3.8) is 0 Å². The van der Waals surface area contributed by atoms with Gasteiger partial charge in [0.2, 0.25) is 5.91 Å². The molecule has 1 fully saturated rings. The van der Waals surface area contributed by atoms with Gasteiger partial charge in [-0.2, -0.15) is 0 Å². The lowest BCUT2D eigenvalue weighted by atomic mass is 9.98. The number of aliphatic carboxylic acids is 1. The van der Waals surface area contributed by atoms with Gasteiger partial charge in [0.15, 0.2) is 0 Å². The Labute approximate surface area is 198 Å². The standard InChI is InChI=1S/C26H30N2O6/c1-2-17(12-24(29)27-13-18-11-16(14-33-18)25(30)31)28-26(32)34-15-23-21-9-5-3-7-19(21)20-8-4-6-10-22(20)23/h3-10,16-18,23H,2,11-15H2,1H3,(H,27,29)(H,28,32)(H,30,31)/t16-,17+,18-/m0/s1. The zero-order chi connectivity index (χ0) is 24.1. The third-order valence-corrected chi connectivity index (χ3v) is 6.55. The number of carbonyl (C=O) groups excluding carboxylic acids is 2. The maximum atomic E-state index is 12.5. The molecule has 34 heavy (non-hydrogen) atoms. The van der Waals surface area contributed by atoms with E-state index in [1.165, 1.54) is 0 Å². The molecule has 8 heteroatoms. The molecule has 0 aromatic heterocycles. The molecule has 2 amide bonds. The molecule has 1 saturated heterocycles. The first-order valence-electron chi connectivity index (χ1n) is 11.7. The van der Waals surface area contributed by atoms with Crippen LogP contribution >= 0.6 is 0 Å². The molecule has 3 N–H and O–H groups in total. The van der Waals surface area contributed by atoms with Gasteiger partial charge in [-0.3, -0.25) is 9.59 Å². The van der Waals surface area contributed by atoms with Crippen molar-refractivity contribution in [2.45, 2.75) is 44.2 Å². The van der Waals surface area contributed by atoms with Crippen molar-refractivity contribution in [3.8, 4) is 11.1 Å². The molecule has 0 spiro atoms. The Bertz CT molecular complexity index is 1010. The van der Waals surface area contributed by atoms with Gasteiger partial charge in [-0.05, 0) is 35.1 Å². The van der Waals surface area contributed by atoms with Crippen LogP contribution in [-0.2, 0) is 19.1 Å². The van der Waals surface area contributed by atoms with E-state index in [-0.39, 0.29) is 50.2 Å². The summed E-state index contributed by atoms with van der Waals surface area (Å²) in [7, 11) is 0. The first-order valence-corrected chi connectivity index (χ1v) is 11.7. The zero-order valence-electron chi connectivity index (χ0n) is 19.2. The van der Waals surface area contributed by atoms with Crippen molar-refractivity contribution in [2.75, 3.05) is 19.8 Å². The van der Waals surface area contributed by atoms with Crippen LogP contribution in [0.25, 0.3) is 11.1 Å². The molecule has 2 aromatic carbocycles. The third-order valence-electron chi connectivity index (χ3n) is 6.55. The summed E-state index contributed by atoms with van der Waals surface area (Å²) < 4.78 is 11.0. The van der Waals surface area contributed by atoms with E-state index in [0.29, 0.717) is 12.8 Å². The number of carbonyl (C=O) groups is 3. The van der Waals surface area contributed by atoms with Crippen LogP contribution in [0.4, 0.5) is 4.79 Å². The highest BCUT2D eigenvalue weighted by Gasteiger charge is 2.31. The first kappa shape index (κ1) is 23.8. The second kappa shape index (κ2) is 10.7. The SMILES string of the molecule is CC[C@H](CC(=O)NC[C@@H]1C[C@H](C(=O)O)CO1)NC(=O)OCC1c2ccccc2-c2ccccc21. The smallest absolute Gasteiger partial charge is 0.407 e. The van der Waals surface area contributed by atoms with E-state index in [1.807, 2.05) is 31.2 Å². The Morgan fingerprint density at radius 1 is 1.09 bits per heavy atom. The maximum absolute atomic E-state index is 12.5. The average Bonchev–Trinajstić information content (AvgIpc) is 3.44. The summed E-state index contributed by atoms with van der Waals surface area (Å²) in [6.07, 6.45) is 0.198. The van der Waals surface area contributed by atoms with Crippen molar-refractivity contribution in [1.82, 2.24) is 10.6 Å². The molecule has 2 aliphatic rings. The van der Waals surface area contributed by atoms with Crippen LogP contribution in [0.1, 0.15) is 43.2 Å². The second-order valence-corrected chi connectivity index (χ2v) is 8.81. The Balaban J connectivity index is 1.25. The summed E-state index contributed by atoms with van der Waals surface area (Å²) >= 11 is 0. The van der Waals surface area contributed by atoms with E-state index in [9.17, 15) is 14.4 Å². The average molecular weight is 467 g/mol. The predicted octanol–water partition coefficient (Wildman–Crippen LogP) is 3.30. The largest absolute Gasteiger partial charge is 0.481 e. The van der Waals surface area contributed by atoms with Gasteiger partial charge in [0.05, 0.1) is 18.6 Å². The molecule has 1 aliphatic carbocycles. The topological polar surface area (TPSA) is 114 Å². The Kier molecular flexibility index (Phi) is 7.47. The molecule has 0 bridgehead atoms. The lowest BCUT2D eigenvalue weighted by Gasteiger charge is -2.19. The van der Waals surface area contributed by atoms with Crippen LogP contribution in [-0.4, -0.2) is 55.0 Å². The molecular weight excluding hydrogens is 436 g/mol. The van der Waals surface area contributed by atoms with Gasteiger partial charge in [-0.1, -0.05) is 55.5 Å². The van der Waals surface area contributed by atoms with Crippen LogP contribution in [0, 0.1) is 5.92 Å². The lowest BCUT2D eigenvalue weighted by Crippen LogP contribution is -2.41. The summed E-state index contributed by atoms with van der Waals surface area (Å²) in [6, 6.07) is 15.9. The number of carboxylic acid groups (broad SMARTS) is 1. The van der Waals surface area contributed by atoms with Crippen LogP contribution in [0.3, 0.4) is 0 Å². The monoisotopic (exact) mass is 466 g/mol. The zero-order valence-corrected chi connectivity index (χ0v) is 19.2. The van der Waals surface area contributed by atoms with Crippen molar-refractivity contribution in [3.05, 3.63) is 59.7 Å². The van der Waals surface area contributed by atoms with Crippen molar-refractivity contribution in [2.24, 2.45) is 5.92 Å². The van der Waals surface area contributed by atoms with E-state index in [1.54, 1.807) is 0 Å². The molecule has 1 heterocycles. The number of carboxylic acids is 1. The van der Waals surface area contributed by atoms with Crippen molar-refractivity contribution >= 4 is 18.0 Å². The minimum absolute atomic E-state index is 0.0254. The number of benzene rings is 2. The molecule has 1 aliphatic heterocycles. The molecule has 8 nitrogen and oxygen atoms in total. The number of amides is 2. The Hall–Kier alpha value is -3.39. The van der Waals surface area contributed by atoms with Crippen LogP contribution < -0.4 is 10.6 Å². The molecule has 0 unspecified atom stereocenters. The van der Waals surface area contributed by atoms with Gasteiger partial charge < -0.3 is 25.2 Å². The summed E-state index contributed by atoms with van der Waals surface area (Å²) in [4.78, 5) is 35.8. The van der Waals surface area contributed by atoms with Crippen LogP contribution in [0.2, 0.25) is 0 Å². The van der Waals surface area contributed by atoms with E-state index in [2.05, 4.69) is 34.9 Å². The lowest BCUT2D eigenvalue weighted by molar-refractivity contribution is -0.141. The predicted molar refractivity (Wildman–Crippen MR) is 125 cm³/mol. The number of alkyl carbamates (subject to hydrolysis) is 1. The van der Waals surface area contributed by atoms with E-state index >= 15 is 0 Å². The number of hydrogen-bond donors (Lipinski definition) is 3. The van der Waals surface area contributed by atoms with Gasteiger partial charge in [0.1, 0.15) is 6.61 Å². The van der Waals surface area contributed by atoms with Gasteiger partial charge in [0.25, 0.3) is 0 Å². The highest BCUT2D eigenvalue weighted by atomic mass is 16.5. The van der Waals surface area contributed by atoms with Gasteiger partial charge in [0, 0.05) is 24.9 Å². The fourth-order valence-electron chi connectivity index (χ4n) is 4.65. The number of fused-ring (bicyclic) bond motifs is 3. The second-order valence-electron chi connectivity index (χ2n) is 8.81. The first-order chi connectivity index (χ1) is 16.5. The van der Waals surface area contributed by atoms with E-state index in [0.717, 1.165) is 22.3 Å². The van der Waals surface area contributed by atoms with Crippen molar-refractivity contribution in [1.29, 1.82) is 0 Å². The number of hydrogen-bond acceptors (Lipinski definition) is 5. The van der Waals surface area contributed by atoms with Gasteiger partial charge in [-0.25, -0.2) is 4.79 Å². The number of nitrogens with one attached hydrogen (secondary N) is 2. The minimum Gasteiger partial charge on any atom is -0.481 e. The summed E-state index contributed by atoms with van der Waals surface area (Å²) in [6.45, 7) is 2.52. The van der Waals surface area contributed by atoms with Crippen molar-refractivity contribution < 1.29 is 29.0 Å². The third kappa shape index (κ3) is 5.39. The molecule has 3 atom stereocenters. The van der Waals surface area contributed by atoms with Crippen LogP contribution in [0.15, 0.2) is 48.5 Å². The molecular formula is C26H30N2O6. The quantitative estimate of drug-likeness (QED) is 0.523. The number of ether oxygens (including phenoxy) is 2. The molecule has 4 rings (SSSR count). The normalized spacial score (nSPS) is 19.7.